The van der Waals surface area contributed by atoms with Crippen molar-refractivity contribution in [1.82, 2.24) is 9.80 Å². The van der Waals surface area contributed by atoms with Crippen molar-refractivity contribution in [3.8, 4) is 0 Å². The highest BCUT2D eigenvalue weighted by Gasteiger charge is 2.04. The minimum Gasteiger partial charge on any atom is -0.383 e. The Morgan fingerprint density at radius 2 is 1.27 bits per heavy atom. The van der Waals surface area contributed by atoms with E-state index in [-0.39, 0.29) is 19.4 Å². The first kappa shape index (κ1) is 27.2. The molecule has 0 bridgehead atoms. The average Bonchev–Trinajstić information content (AvgIpc) is 2.75. The van der Waals surface area contributed by atoms with Crippen molar-refractivity contribution in [1.29, 1.82) is 0 Å². The van der Waals surface area contributed by atoms with Gasteiger partial charge in [0, 0.05) is 53.1 Å². The molecule has 0 spiro atoms. The van der Waals surface area contributed by atoms with Crippen LogP contribution in [-0.4, -0.2) is 70.2 Å². The van der Waals surface area contributed by atoms with Crippen LogP contribution in [0.25, 0.3) is 0 Å². The first-order valence-electron chi connectivity index (χ1n) is 9.44. The molecule has 166 valence electrons. The van der Waals surface area contributed by atoms with Crippen LogP contribution in [-0.2, 0) is 9.47 Å². The van der Waals surface area contributed by atoms with Crippen LogP contribution >= 0.6 is 0 Å². The predicted octanol–water partition coefficient (Wildman–Crippen LogP) is 4.20. The van der Waals surface area contributed by atoms with Gasteiger partial charge < -0.3 is 14.4 Å². The van der Waals surface area contributed by atoms with Crippen LogP contribution < -0.4 is 0 Å². The van der Waals surface area contributed by atoms with E-state index in [9.17, 15) is 9.59 Å². The lowest BCUT2D eigenvalue weighted by Gasteiger charge is -2.19. The van der Waals surface area contributed by atoms with Crippen molar-refractivity contribution in [2.45, 2.75) is 13.3 Å². The summed E-state index contributed by atoms with van der Waals surface area (Å²) in [7, 11) is 10.8. The van der Waals surface area contributed by atoms with Crippen molar-refractivity contribution in [3.05, 3.63) is 84.1 Å². The monoisotopic (exact) mass is 417 g/mol. The molecule has 6 heteroatoms. The number of carbonyl (C=O) groups excluding carboxylic acids is 2. The molecule has 0 fully saturated rings. The van der Waals surface area contributed by atoms with Crippen molar-refractivity contribution in [2.75, 3.05) is 42.4 Å². The fraction of sp³-hybridized carbons (Fsp3) is 0.333. The average molecular weight is 418 g/mol. The number of hydrogen-bond donors (Lipinski definition) is 0. The molecule has 0 aliphatic heterocycles. The van der Waals surface area contributed by atoms with Crippen LogP contribution in [0.4, 0.5) is 0 Å². The zero-order chi connectivity index (χ0) is 22.9. The molecule has 0 saturated carbocycles. The Balaban J connectivity index is 0. The number of nitrogens with zero attached hydrogens (tertiary/aromatic N) is 2. The standard InChI is InChI=1S/C11H13NO.C8H8O.C5H13NO2.H2/c1-12(2)9-8-11(13)10-6-4-3-5-7-10;1-7(9)8-5-3-2-4-6-8;1-6(2)5(7-3)8-4;/h3-9H,1-2H3;2-6H,1H3;5H,1-4H3;1H/b9-8+;;;/i;;;1+1. The predicted molar refractivity (Wildman–Crippen MR) is 124 cm³/mol. The van der Waals surface area contributed by atoms with E-state index in [4.69, 9.17) is 9.47 Å². The Morgan fingerprint density at radius 3 is 1.53 bits per heavy atom. The van der Waals surface area contributed by atoms with E-state index < -0.39 is 0 Å². The van der Waals surface area contributed by atoms with E-state index in [2.05, 4.69) is 0 Å². The van der Waals surface area contributed by atoms with Gasteiger partial charge in [0.1, 0.15) is 0 Å². The number of ether oxygens (including phenoxy) is 2. The first-order valence-corrected chi connectivity index (χ1v) is 9.44. The van der Waals surface area contributed by atoms with Crippen LogP contribution in [0.3, 0.4) is 0 Å². The summed E-state index contributed by atoms with van der Waals surface area (Å²) in [5.74, 6) is 0.157. The molecule has 2 aromatic carbocycles. The topological polar surface area (TPSA) is 59.1 Å². The minimum absolute atomic E-state index is 0. The molecular formula is C24H36N2O4. The molecule has 0 N–H and O–H groups in total. The molecule has 30 heavy (non-hydrogen) atoms. The molecule has 0 aliphatic rings. The maximum atomic E-state index is 11.4. The van der Waals surface area contributed by atoms with Crippen LogP contribution in [0.2, 0.25) is 0 Å². The normalized spacial score (nSPS) is 10.2. The second-order valence-electron chi connectivity index (χ2n) is 6.67. The Morgan fingerprint density at radius 1 is 0.833 bits per heavy atom. The number of rotatable bonds is 7. The second kappa shape index (κ2) is 16.0. The molecule has 0 saturated heterocycles. The van der Waals surface area contributed by atoms with Crippen molar-refractivity contribution >= 4 is 11.6 Å². The van der Waals surface area contributed by atoms with Gasteiger partial charge in [-0.05, 0) is 21.0 Å². The summed E-state index contributed by atoms with van der Waals surface area (Å²) < 4.78 is 9.73. The number of allylic oxidation sites excluding steroid dienone is 1. The summed E-state index contributed by atoms with van der Waals surface area (Å²) in [6.45, 7) is 1.56. The number of hydrogen-bond acceptors (Lipinski definition) is 6. The zero-order valence-electron chi connectivity index (χ0n) is 19.0. The third-order valence-corrected chi connectivity index (χ3v) is 3.59. The molecule has 0 amide bonds. The smallest absolute Gasteiger partial charge is 0.217 e. The maximum Gasteiger partial charge on any atom is 0.217 e. The molecule has 6 nitrogen and oxygen atoms in total. The van der Waals surface area contributed by atoms with Gasteiger partial charge in [0.2, 0.25) is 6.41 Å². The lowest BCUT2D eigenvalue weighted by atomic mass is 10.1. The van der Waals surface area contributed by atoms with E-state index in [0.29, 0.717) is 0 Å². The summed E-state index contributed by atoms with van der Waals surface area (Å²) in [4.78, 5) is 25.7. The number of benzene rings is 2. The Hall–Kier alpha value is -2.80. The number of methoxy groups -OCH3 is 2. The van der Waals surface area contributed by atoms with Crippen molar-refractivity contribution in [3.63, 3.8) is 0 Å². The van der Waals surface area contributed by atoms with Crippen LogP contribution in [0.15, 0.2) is 72.9 Å². The minimum atomic E-state index is -0.213. The van der Waals surface area contributed by atoms with E-state index in [1.165, 1.54) is 0 Å². The molecule has 0 atom stereocenters. The summed E-state index contributed by atoms with van der Waals surface area (Å²) in [5.41, 5.74) is 1.50. The van der Waals surface area contributed by atoms with Crippen LogP contribution in [0.1, 0.15) is 29.1 Å². The van der Waals surface area contributed by atoms with Gasteiger partial charge in [-0.25, -0.2) is 0 Å². The Kier molecular flexibility index (Phi) is 14.5. The van der Waals surface area contributed by atoms with Crippen molar-refractivity contribution < 1.29 is 20.5 Å². The quantitative estimate of drug-likeness (QED) is 0.382. The molecule has 0 aliphatic carbocycles. The van der Waals surface area contributed by atoms with Gasteiger partial charge in [-0.1, -0.05) is 60.7 Å². The summed E-state index contributed by atoms with van der Waals surface area (Å²) in [6, 6.07) is 18.5. The fourth-order valence-electron chi connectivity index (χ4n) is 2.11. The van der Waals surface area contributed by atoms with E-state index >= 15 is 0 Å². The third-order valence-electron chi connectivity index (χ3n) is 3.59. The van der Waals surface area contributed by atoms with Gasteiger partial charge in [0.05, 0.1) is 0 Å². The van der Waals surface area contributed by atoms with E-state index in [1.807, 2.05) is 98.7 Å². The summed E-state index contributed by atoms with van der Waals surface area (Å²) >= 11 is 0. The molecule has 0 unspecified atom stereocenters. The van der Waals surface area contributed by atoms with Gasteiger partial charge in [0.25, 0.3) is 0 Å². The molecule has 0 aromatic heterocycles. The highest BCUT2D eigenvalue weighted by atomic mass is 16.7. The van der Waals surface area contributed by atoms with Gasteiger partial charge >= 0.3 is 0 Å². The number of carbonyl (C=O) groups is 2. The zero-order valence-corrected chi connectivity index (χ0v) is 19.0. The molecule has 0 radical (unpaired) electrons. The molecule has 2 rings (SSSR count). The van der Waals surface area contributed by atoms with Gasteiger partial charge in [-0.15, -0.1) is 0 Å². The van der Waals surface area contributed by atoms with Crippen molar-refractivity contribution in [2.24, 2.45) is 0 Å². The van der Waals surface area contributed by atoms with Gasteiger partial charge in [-0.2, -0.15) is 0 Å². The van der Waals surface area contributed by atoms with Crippen LogP contribution in [0.5, 0.6) is 0 Å². The highest BCUT2D eigenvalue weighted by molar-refractivity contribution is 6.04. The van der Waals surface area contributed by atoms with Crippen LogP contribution in [0, 0.1) is 0 Å². The maximum absolute atomic E-state index is 11.4. The number of ketones is 2. The molecule has 0 heterocycles. The lowest BCUT2D eigenvalue weighted by Crippen LogP contribution is -2.30. The van der Waals surface area contributed by atoms with E-state index in [0.717, 1.165) is 11.1 Å². The Labute approximate surface area is 182 Å². The van der Waals surface area contributed by atoms with Gasteiger partial charge in [0.15, 0.2) is 11.6 Å². The third kappa shape index (κ3) is 12.6. The highest BCUT2D eigenvalue weighted by Crippen LogP contribution is 2.00. The Bertz CT molecular complexity index is 747. The largest absolute Gasteiger partial charge is 0.383 e. The lowest BCUT2D eigenvalue weighted by molar-refractivity contribution is -0.179. The second-order valence-corrected chi connectivity index (χ2v) is 6.67. The van der Waals surface area contributed by atoms with E-state index in [1.54, 1.807) is 33.4 Å². The SMILES string of the molecule is CC(=O)c1ccccc1.CN(C)/C=C/C(=O)c1ccccc1.COC(OC)N(C)C.[2HH]. The van der Waals surface area contributed by atoms with Gasteiger partial charge in [-0.3, -0.25) is 14.5 Å². The fourth-order valence-corrected chi connectivity index (χ4v) is 2.11. The molecular weight excluding hydrogens is 380 g/mol. The first-order chi connectivity index (χ1) is 14.2. The summed E-state index contributed by atoms with van der Waals surface area (Å²) in [5, 5.41) is 0. The summed E-state index contributed by atoms with van der Waals surface area (Å²) in [6.07, 6.45) is 3.10. The molecule has 2 aromatic rings. The number of Topliss-reactive ketones (excluding diaryl/α,β-unsaturated/α-hetero) is 1.